The number of aliphatic carboxylic acids is 1. The number of hydrogen-bond acceptors (Lipinski definition) is 3. The Balaban J connectivity index is 1.99. The average molecular weight is 377 g/mol. The molecule has 2 aromatic rings. The van der Waals surface area contributed by atoms with Gasteiger partial charge in [-0.3, -0.25) is 9.59 Å². The number of fused-ring (bicyclic) bond motifs is 1. The van der Waals surface area contributed by atoms with Crippen molar-refractivity contribution in [3.8, 4) is 5.75 Å². The van der Waals surface area contributed by atoms with Crippen molar-refractivity contribution < 1.29 is 28.2 Å². The highest BCUT2D eigenvalue weighted by atomic mass is 19.3. The fraction of sp³-hybridized carbons (Fsp3) is 0.400. The molecule has 1 heterocycles. The molecule has 0 saturated carbocycles. The minimum Gasteiger partial charge on any atom is -0.481 e. The lowest BCUT2D eigenvalue weighted by atomic mass is 9.76. The number of ether oxygens (including phenoxy) is 1. The van der Waals surface area contributed by atoms with Crippen LogP contribution in [0.25, 0.3) is 10.8 Å². The van der Waals surface area contributed by atoms with Crippen molar-refractivity contribution in [3.63, 3.8) is 0 Å². The van der Waals surface area contributed by atoms with Crippen LogP contribution in [0.15, 0.2) is 36.4 Å². The van der Waals surface area contributed by atoms with E-state index in [4.69, 9.17) is 0 Å². The van der Waals surface area contributed by atoms with Crippen LogP contribution in [-0.4, -0.2) is 41.6 Å². The van der Waals surface area contributed by atoms with Gasteiger partial charge in [0.15, 0.2) is 0 Å². The van der Waals surface area contributed by atoms with E-state index in [2.05, 4.69) is 4.74 Å². The zero-order valence-corrected chi connectivity index (χ0v) is 15.1. The first-order valence-corrected chi connectivity index (χ1v) is 8.75. The Kier molecular flexibility index (Phi) is 5.04. The Labute approximate surface area is 155 Å². The Morgan fingerprint density at radius 2 is 1.81 bits per heavy atom. The number of halogens is 2. The molecular formula is C20H21F2NO4. The summed E-state index contributed by atoms with van der Waals surface area (Å²) in [4.78, 5) is 26.2. The zero-order chi connectivity index (χ0) is 19.8. The molecule has 1 atom stereocenters. The van der Waals surface area contributed by atoms with E-state index >= 15 is 0 Å². The predicted molar refractivity (Wildman–Crippen MR) is 96.0 cm³/mol. The summed E-state index contributed by atoms with van der Waals surface area (Å²) in [6, 6.07) is 10.0. The quantitative estimate of drug-likeness (QED) is 0.855. The number of carboxylic acid groups (broad SMARTS) is 1. The average Bonchev–Trinajstić information content (AvgIpc) is 3.07. The van der Waals surface area contributed by atoms with E-state index in [-0.39, 0.29) is 30.3 Å². The van der Waals surface area contributed by atoms with Gasteiger partial charge in [-0.05, 0) is 35.2 Å². The molecule has 1 aliphatic heterocycles. The van der Waals surface area contributed by atoms with Gasteiger partial charge in [0, 0.05) is 13.1 Å². The topological polar surface area (TPSA) is 66.8 Å². The number of alkyl halides is 2. The molecular weight excluding hydrogens is 356 g/mol. The maximum absolute atomic E-state index is 13.0. The molecule has 0 bridgehead atoms. The first-order chi connectivity index (χ1) is 12.7. The summed E-state index contributed by atoms with van der Waals surface area (Å²) in [5.74, 6) is -1.82. The smallest absolute Gasteiger partial charge is 0.387 e. The highest BCUT2D eigenvalue weighted by Crippen LogP contribution is 2.39. The second-order valence-electron chi connectivity index (χ2n) is 7.17. The second kappa shape index (κ2) is 7.13. The van der Waals surface area contributed by atoms with Gasteiger partial charge in [0.1, 0.15) is 5.75 Å². The molecule has 0 aromatic heterocycles. The maximum atomic E-state index is 13.0. The Hall–Kier alpha value is -2.70. The van der Waals surface area contributed by atoms with E-state index in [1.165, 1.54) is 17.0 Å². The first-order valence-electron chi connectivity index (χ1n) is 8.75. The lowest BCUT2D eigenvalue weighted by Crippen LogP contribution is -2.40. The van der Waals surface area contributed by atoms with Gasteiger partial charge in [-0.25, -0.2) is 0 Å². The molecule has 5 nitrogen and oxygen atoms in total. The Morgan fingerprint density at radius 3 is 2.33 bits per heavy atom. The van der Waals surface area contributed by atoms with Gasteiger partial charge in [0.05, 0.1) is 11.0 Å². The van der Waals surface area contributed by atoms with Gasteiger partial charge in [-0.2, -0.15) is 8.78 Å². The number of likely N-dealkylation sites (tertiary alicyclic amines) is 1. The Morgan fingerprint density at radius 1 is 1.19 bits per heavy atom. The molecule has 27 heavy (non-hydrogen) atoms. The van der Waals surface area contributed by atoms with E-state index in [0.717, 1.165) is 5.39 Å². The van der Waals surface area contributed by atoms with Crippen LogP contribution in [0.3, 0.4) is 0 Å². The monoisotopic (exact) mass is 377 g/mol. The first kappa shape index (κ1) is 19.1. The Bertz CT molecular complexity index is 883. The molecule has 1 saturated heterocycles. The number of benzene rings is 2. The number of rotatable bonds is 5. The summed E-state index contributed by atoms with van der Waals surface area (Å²) in [7, 11) is 0. The number of hydrogen-bond donors (Lipinski definition) is 1. The van der Waals surface area contributed by atoms with Crippen LogP contribution in [0, 0.1) is 11.3 Å². The summed E-state index contributed by atoms with van der Waals surface area (Å²) in [5, 5.41) is 11.0. The molecule has 144 valence electrons. The number of nitrogens with zero attached hydrogens (tertiary/aromatic N) is 1. The fourth-order valence-electron chi connectivity index (χ4n) is 3.65. The van der Waals surface area contributed by atoms with Gasteiger partial charge in [0.2, 0.25) is 0 Å². The summed E-state index contributed by atoms with van der Waals surface area (Å²) in [6.07, 6.45) is 0.324. The zero-order valence-electron chi connectivity index (χ0n) is 15.1. The van der Waals surface area contributed by atoms with Gasteiger partial charge < -0.3 is 14.7 Å². The van der Waals surface area contributed by atoms with E-state index in [1.54, 1.807) is 24.3 Å². The fourth-order valence-corrected chi connectivity index (χ4v) is 3.65. The van der Waals surface area contributed by atoms with E-state index in [0.29, 0.717) is 11.8 Å². The number of amides is 1. The standard InChI is InChI=1S/C20H21F2NO4/c1-12(2)20(18(25)26)7-8-23(11-20)17(24)15-9-13-5-3-4-6-14(13)10-16(15)27-19(21)22/h3-6,9-10,12,19H,7-8,11H2,1-2H3,(H,25,26). The molecule has 1 fully saturated rings. The molecule has 0 radical (unpaired) electrons. The minimum absolute atomic E-state index is 0.0129. The molecule has 2 aromatic carbocycles. The summed E-state index contributed by atoms with van der Waals surface area (Å²) in [5.41, 5.74) is -1.02. The molecule has 1 aliphatic rings. The molecule has 1 N–H and O–H groups in total. The van der Waals surface area contributed by atoms with Crippen LogP contribution in [0.1, 0.15) is 30.6 Å². The van der Waals surface area contributed by atoms with Crippen LogP contribution < -0.4 is 4.74 Å². The van der Waals surface area contributed by atoms with Crippen LogP contribution >= 0.6 is 0 Å². The number of carboxylic acids is 1. The van der Waals surface area contributed by atoms with Crippen LogP contribution in [0.2, 0.25) is 0 Å². The number of carbonyl (C=O) groups is 2. The van der Waals surface area contributed by atoms with Crippen molar-refractivity contribution in [2.24, 2.45) is 11.3 Å². The third kappa shape index (κ3) is 3.46. The lowest BCUT2D eigenvalue weighted by Gasteiger charge is -2.28. The van der Waals surface area contributed by atoms with Gasteiger partial charge in [-0.15, -0.1) is 0 Å². The maximum Gasteiger partial charge on any atom is 0.387 e. The predicted octanol–water partition coefficient (Wildman–Crippen LogP) is 4.01. The highest BCUT2D eigenvalue weighted by Gasteiger charge is 2.48. The van der Waals surface area contributed by atoms with Crippen molar-refractivity contribution in [1.29, 1.82) is 0 Å². The normalized spacial score (nSPS) is 19.9. The molecule has 3 rings (SSSR count). The molecule has 0 aliphatic carbocycles. The van der Waals surface area contributed by atoms with Crippen molar-refractivity contribution >= 4 is 22.6 Å². The largest absolute Gasteiger partial charge is 0.481 e. The van der Waals surface area contributed by atoms with Crippen molar-refractivity contribution in [3.05, 3.63) is 42.0 Å². The van der Waals surface area contributed by atoms with Crippen molar-refractivity contribution in [2.75, 3.05) is 13.1 Å². The molecule has 1 unspecified atom stereocenters. The van der Waals surface area contributed by atoms with Crippen molar-refractivity contribution in [1.82, 2.24) is 4.90 Å². The SMILES string of the molecule is CC(C)C1(C(=O)O)CCN(C(=O)c2cc3ccccc3cc2OC(F)F)C1. The van der Waals surface area contributed by atoms with E-state index in [9.17, 15) is 23.5 Å². The third-order valence-corrected chi connectivity index (χ3v) is 5.41. The van der Waals surface area contributed by atoms with Gasteiger partial charge in [-0.1, -0.05) is 38.1 Å². The second-order valence-corrected chi connectivity index (χ2v) is 7.17. The number of carbonyl (C=O) groups excluding carboxylic acids is 1. The summed E-state index contributed by atoms with van der Waals surface area (Å²) < 4.78 is 30.3. The third-order valence-electron chi connectivity index (χ3n) is 5.41. The van der Waals surface area contributed by atoms with Gasteiger partial charge in [0.25, 0.3) is 5.91 Å². The summed E-state index contributed by atoms with van der Waals surface area (Å²) >= 11 is 0. The highest BCUT2D eigenvalue weighted by molar-refractivity contribution is 6.02. The van der Waals surface area contributed by atoms with E-state index < -0.39 is 23.9 Å². The van der Waals surface area contributed by atoms with Crippen LogP contribution in [0.5, 0.6) is 5.75 Å². The minimum atomic E-state index is -3.06. The molecule has 0 spiro atoms. The van der Waals surface area contributed by atoms with Crippen LogP contribution in [-0.2, 0) is 4.79 Å². The van der Waals surface area contributed by atoms with E-state index in [1.807, 2.05) is 13.8 Å². The van der Waals surface area contributed by atoms with Crippen molar-refractivity contribution in [2.45, 2.75) is 26.9 Å². The lowest BCUT2D eigenvalue weighted by molar-refractivity contribution is -0.150. The van der Waals surface area contributed by atoms with Crippen LogP contribution in [0.4, 0.5) is 8.78 Å². The molecule has 7 heteroatoms. The summed E-state index contributed by atoms with van der Waals surface area (Å²) in [6.45, 7) is 0.849. The molecule has 1 amide bonds. The van der Waals surface area contributed by atoms with Gasteiger partial charge >= 0.3 is 12.6 Å².